The van der Waals surface area contributed by atoms with E-state index in [0.29, 0.717) is 12.1 Å². The minimum Gasteiger partial charge on any atom is -0.385 e. The number of nitro groups is 1. The summed E-state index contributed by atoms with van der Waals surface area (Å²) in [5.41, 5.74) is 3.08. The SMILES string of the molecule is CCN=C(N)C(Cl)(Cl)c1ccc(C(F)(F)F)cc1[N+](=O)[O-]. The molecule has 10 heteroatoms. The van der Waals surface area contributed by atoms with E-state index in [1.165, 1.54) is 0 Å². The molecule has 0 aromatic heterocycles. The molecule has 0 fully saturated rings. The Balaban J connectivity index is 3.51. The Labute approximate surface area is 127 Å². The van der Waals surface area contributed by atoms with Crippen molar-refractivity contribution in [1.82, 2.24) is 0 Å². The van der Waals surface area contributed by atoms with Crippen molar-refractivity contribution in [2.75, 3.05) is 6.54 Å². The highest BCUT2D eigenvalue weighted by molar-refractivity contribution is 6.58. The van der Waals surface area contributed by atoms with Gasteiger partial charge in [-0.15, -0.1) is 0 Å². The second kappa shape index (κ2) is 6.07. The zero-order chi connectivity index (χ0) is 16.4. The number of nitrogens with two attached hydrogens (primary N) is 1. The van der Waals surface area contributed by atoms with Gasteiger partial charge in [-0.25, -0.2) is 0 Å². The molecule has 1 aromatic carbocycles. The Morgan fingerprint density at radius 1 is 1.43 bits per heavy atom. The maximum absolute atomic E-state index is 12.6. The Hall–Kier alpha value is -1.54. The molecule has 5 nitrogen and oxygen atoms in total. The van der Waals surface area contributed by atoms with Gasteiger partial charge < -0.3 is 5.73 Å². The number of rotatable bonds is 4. The van der Waals surface area contributed by atoms with Crippen LogP contribution < -0.4 is 5.73 Å². The van der Waals surface area contributed by atoms with E-state index < -0.39 is 26.7 Å². The van der Waals surface area contributed by atoms with Crippen LogP contribution in [-0.2, 0) is 10.5 Å². The summed E-state index contributed by atoms with van der Waals surface area (Å²) in [5, 5.41) is 11.0. The molecular formula is C11H10Cl2F3N3O2. The first kappa shape index (κ1) is 17.5. The highest BCUT2D eigenvalue weighted by Gasteiger charge is 2.40. The van der Waals surface area contributed by atoms with Gasteiger partial charge in [0.25, 0.3) is 5.69 Å². The Morgan fingerprint density at radius 3 is 2.43 bits per heavy atom. The van der Waals surface area contributed by atoms with Gasteiger partial charge in [0.2, 0.25) is 4.33 Å². The first-order valence-corrected chi connectivity index (χ1v) is 6.31. The number of amidine groups is 1. The van der Waals surface area contributed by atoms with E-state index in [4.69, 9.17) is 28.9 Å². The fourth-order valence-electron chi connectivity index (χ4n) is 1.53. The van der Waals surface area contributed by atoms with Crippen molar-refractivity contribution in [2.45, 2.75) is 17.4 Å². The van der Waals surface area contributed by atoms with E-state index in [2.05, 4.69) is 4.99 Å². The van der Waals surface area contributed by atoms with Gasteiger partial charge in [0.05, 0.1) is 16.1 Å². The summed E-state index contributed by atoms with van der Waals surface area (Å²) in [4.78, 5) is 13.7. The molecule has 0 aliphatic heterocycles. The summed E-state index contributed by atoms with van der Waals surface area (Å²) >= 11 is 11.9. The smallest absolute Gasteiger partial charge is 0.385 e. The number of alkyl halides is 5. The van der Waals surface area contributed by atoms with Crippen molar-refractivity contribution in [2.24, 2.45) is 10.7 Å². The summed E-state index contributed by atoms with van der Waals surface area (Å²) < 4.78 is 35.7. The zero-order valence-corrected chi connectivity index (χ0v) is 12.1. The molecule has 21 heavy (non-hydrogen) atoms. The van der Waals surface area contributed by atoms with Gasteiger partial charge in [-0.1, -0.05) is 23.2 Å². The van der Waals surface area contributed by atoms with Crippen LogP contribution in [0, 0.1) is 10.1 Å². The van der Waals surface area contributed by atoms with Crippen LogP contribution in [0.15, 0.2) is 23.2 Å². The molecule has 116 valence electrons. The molecule has 0 atom stereocenters. The van der Waals surface area contributed by atoms with Gasteiger partial charge in [0, 0.05) is 12.6 Å². The Bertz CT molecular complexity index is 589. The molecule has 1 aromatic rings. The molecule has 2 N–H and O–H groups in total. The monoisotopic (exact) mass is 343 g/mol. The largest absolute Gasteiger partial charge is 0.416 e. The second-order valence-corrected chi connectivity index (χ2v) is 5.25. The first-order valence-electron chi connectivity index (χ1n) is 5.56. The maximum atomic E-state index is 12.6. The highest BCUT2D eigenvalue weighted by atomic mass is 35.5. The van der Waals surface area contributed by atoms with E-state index >= 15 is 0 Å². The van der Waals surface area contributed by atoms with Crippen molar-refractivity contribution < 1.29 is 18.1 Å². The molecule has 0 radical (unpaired) electrons. The van der Waals surface area contributed by atoms with Crippen LogP contribution in [0.25, 0.3) is 0 Å². The van der Waals surface area contributed by atoms with Gasteiger partial charge >= 0.3 is 6.18 Å². The first-order chi connectivity index (χ1) is 9.51. The van der Waals surface area contributed by atoms with Crippen LogP contribution in [0.5, 0.6) is 0 Å². The van der Waals surface area contributed by atoms with Crippen molar-refractivity contribution in [3.8, 4) is 0 Å². The molecular weight excluding hydrogens is 334 g/mol. The number of nitrogens with zero attached hydrogens (tertiary/aromatic N) is 2. The van der Waals surface area contributed by atoms with E-state index in [-0.39, 0.29) is 17.9 Å². The van der Waals surface area contributed by atoms with Gasteiger partial charge in [0.15, 0.2) is 0 Å². The lowest BCUT2D eigenvalue weighted by atomic mass is 10.0. The number of hydrogen-bond donors (Lipinski definition) is 1. The molecule has 0 bridgehead atoms. The standard InChI is InChI=1S/C11H10Cl2F3N3O2/c1-2-18-9(17)10(12,13)7-4-3-6(11(14,15)16)5-8(7)19(20)21/h3-5H,2H2,1H3,(H2,17,18). The molecule has 0 heterocycles. The average Bonchev–Trinajstić information content (AvgIpc) is 2.37. The van der Waals surface area contributed by atoms with Crippen molar-refractivity contribution in [1.29, 1.82) is 0 Å². The summed E-state index contributed by atoms with van der Waals surface area (Å²) in [7, 11) is 0. The van der Waals surface area contributed by atoms with Gasteiger partial charge in [0.1, 0.15) is 5.84 Å². The van der Waals surface area contributed by atoms with E-state index in [1.54, 1.807) is 6.92 Å². The van der Waals surface area contributed by atoms with Crippen molar-refractivity contribution in [3.05, 3.63) is 39.4 Å². The fourth-order valence-corrected chi connectivity index (χ4v) is 1.97. The summed E-state index contributed by atoms with van der Waals surface area (Å²) in [5.74, 6) is -0.337. The molecule has 0 spiro atoms. The van der Waals surface area contributed by atoms with Gasteiger partial charge in [-0.2, -0.15) is 13.2 Å². The van der Waals surface area contributed by atoms with Crippen LogP contribution in [0.3, 0.4) is 0 Å². The van der Waals surface area contributed by atoms with Crippen LogP contribution in [-0.4, -0.2) is 17.3 Å². The van der Waals surface area contributed by atoms with Crippen molar-refractivity contribution in [3.63, 3.8) is 0 Å². The third-order valence-corrected chi connectivity index (χ3v) is 3.30. The van der Waals surface area contributed by atoms with Crippen LogP contribution >= 0.6 is 23.2 Å². The van der Waals surface area contributed by atoms with E-state index in [1.807, 2.05) is 0 Å². The molecule has 0 saturated heterocycles. The van der Waals surface area contributed by atoms with E-state index in [9.17, 15) is 23.3 Å². The normalized spacial score (nSPS) is 13.3. The number of benzene rings is 1. The molecule has 0 aliphatic carbocycles. The third kappa shape index (κ3) is 3.76. The van der Waals surface area contributed by atoms with E-state index in [0.717, 1.165) is 6.07 Å². The topological polar surface area (TPSA) is 81.5 Å². The van der Waals surface area contributed by atoms with Crippen LogP contribution in [0.4, 0.5) is 18.9 Å². The summed E-state index contributed by atoms with van der Waals surface area (Å²) in [6, 6.07) is 1.81. The maximum Gasteiger partial charge on any atom is 0.416 e. The molecule has 0 unspecified atom stereocenters. The lowest BCUT2D eigenvalue weighted by Gasteiger charge is -2.20. The predicted molar refractivity (Wildman–Crippen MR) is 73.6 cm³/mol. The lowest BCUT2D eigenvalue weighted by Crippen LogP contribution is -2.32. The van der Waals surface area contributed by atoms with Crippen LogP contribution in [0.2, 0.25) is 0 Å². The van der Waals surface area contributed by atoms with Crippen molar-refractivity contribution >= 4 is 34.7 Å². The molecule has 0 aliphatic rings. The zero-order valence-electron chi connectivity index (χ0n) is 10.6. The minimum atomic E-state index is -4.73. The summed E-state index contributed by atoms with van der Waals surface area (Å²) in [6.07, 6.45) is -4.73. The molecule has 1 rings (SSSR count). The third-order valence-electron chi connectivity index (χ3n) is 2.51. The predicted octanol–water partition coefficient (Wildman–Crippen LogP) is 3.62. The average molecular weight is 344 g/mol. The van der Waals surface area contributed by atoms with Crippen LogP contribution in [0.1, 0.15) is 18.1 Å². The Morgan fingerprint density at radius 2 is 2.00 bits per heavy atom. The second-order valence-electron chi connectivity index (χ2n) is 3.92. The number of hydrogen-bond acceptors (Lipinski definition) is 3. The summed E-state index contributed by atoms with van der Waals surface area (Å²) in [6.45, 7) is 1.83. The highest BCUT2D eigenvalue weighted by Crippen LogP contribution is 2.42. The Kier molecular flexibility index (Phi) is 5.06. The number of halogens is 5. The number of aliphatic imine (C=N–C) groups is 1. The van der Waals surface area contributed by atoms with Gasteiger partial charge in [-0.3, -0.25) is 15.1 Å². The van der Waals surface area contributed by atoms with Gasteiger partial charge in [-0.05, 0) is 19.1 Å². The molecule has 0 saturated carbocycles. The lowest BCUT2D eigenvalue weighted by molar-refractivity contribution is -0.385. The minimum absolute atomic E-state index is 0.210. The quantitative estimate of drug-likeness (QED) is 0.298. The molecule has 0 amide bonds. The number of nitro benzene ring substituents is 1. The fraction of sp³-hybridized carbons (Fsp3) is 0.364.